The zero-order valence-corrected chi connectivity index (χ0v) is 16.2. The third-order valence-corrected chi connectivity index (χ3v) is 7.28. The molecular weight excluding hydrogens is 360 g/mol. The summed E-state index contributed by atoms with van der Waals surface area (Å²) in [5, 5.41) is 0. The van der Waals surface area contributed by atoms with E-state index in [4.69, 9.17) is 0 Å². The molecule has 5 nitrogen and oxygen atoms in total. The van der Waals surface area contributed by atoms with Gasteiger partial charge in [0, 0.05) is 17.4 Å². The van der Waals surface area contributed by atoms with E-state index in [0.29, 0.717) is 6.42 Å². The summed E-state index contributed by atoms with van der Waals surface area (Å²) in [7, 11) is -3.08. The van der Waals surface area contributed by atoms with E-state index in [9.17, 15) is 13.2 Å². The minimum Gasteiger partial charge on any atom is -0.359 e. The van der Waals surface area contributed by atoms with Crippen molar-refractivity contribution in [3.8, 4) is 0 Å². The molecule has 142 valence electrons. The van der Waals surface area contributed by atoms with Crippen molar-refractivity contribution in [2.24, 2.45) is 0 Å². The standard InChI is InChI=1S/C21H24N2O3S/c1-16-13-17-7-5-6-10-20(17)22(16)14-21(24)23(18-8-3-2-4-9-18)19-11-12-27(25,26)15-19/h2-10,16,19H,11-15H2,1H3/t16-,19-/m1/s1. The molecule has 0 aromatic heterocycles. The second-order valence-electron chi connectivity index (χ2n) is 7.47. The molecule has 2 aliphatic heterocycles. The Kier molecular flexibility index (Phi) is 4.68. The summed E-state index contributed by atoms with van der Waals surface area (Å²) in [6, 6.07) is 17.6. The lowest BCUT2D eigenvalue weighted by Gasteiger charge is -2.32. The van der Waals surface area contributed by atoms with Crippen molar-refractivity contribution in [1.29, 1.82) is 0 Å². The fourth-order valence-corrected chi connectivity index (χ4v) is 5.92. The molecule has 2 aromatic rings. The van der Waals surface area contributed by atoms with E-state index in [0.717, 1.165) is 17.8 Å². The number of para-hydroxylation sites is 2. The third kappa shape index (κ3) is 3.58. The highest BCUT2D eigenvalue weighted by Crippen LogP contribution is 2.32. The maximum atomic E-state index is 13.3. The minimum atomic E-state index is -3.08. The second kappa shape index (κ2) is 7.00. The van der Waals surface area contributed by atoms with Crippen molar-refractivity contribution in [2.75, 3.05) is 27.9 Å². The normalized spacial score (nSPS) is 23.2. The van der Waals surface area contributed by atoms with Crippen LogP contribution in [0.1, 0.15) is 18.9 Å². The Hall–Kier alpha value is -2.34. The van der Waals surface area contributed by atoms with Gasteiger partial charge >= 0.3 is 0 Å². The number of carbonyl (C=O) groups excluding carboxylic acids is 1. The summed E-state index contributed by atoms with van der Waals surface area (Å²) in [4.78, 5) is 17.2. The van der Waals surface area contributed by atoms with Gasteiger partial charge in [-0.25, -0.2) is 8.42 Å². The molecule has 1 saturated heterocycles. The summed E-state index contributed by atoms with van der Waals surface area (Å²) < 4.78 is 24.0. The van der Waals surface area contributed by atoms with E-state index in [2.05, 4.69) is 24.0 Å². The van der Waals surface area contributed by atoms with E-state index >= 15 is 0 Å². The SMILES string of the molecule is C[C@@H]1Cc2ccccc2N1CC(=O)N(c1ccccc1)[C@@H]1CCS(=O)(=O)C1. The fraction of sp³-hybridized carbons (Fsp3) is 0.381. The van der Waals surface area contributed by atoms with Gasteiger partial charge in [0.1, 0.15) is 0 Å². The number of rotatable bonds is 4. The maximum absolute atomic E-state index is 13.3. The maximum Gasteiger partial charge on any atom is 0.246 e. The van der Waals surface area contributed by atoms with E-state index in [1.54, 1.807) is 4.90 Å². The van der Waals surface area contributed by atoms with Crippen molar-refractivity contribution >= 4 is 27.1 Å². The average Bonchev–Trinajstić information content (AvgIpc) is 3.15. The Morgan fingerprint density at radius 3 is 2.52 bits per heavy atom. The number of fused-ring (bicyclic) bond motifs is 1. The summed E-state index contributed by atoms with van der Waals surface area (Å²) in [5.74, 6) is 0.142. The first-order valence-electron chi connectivity index (χ1n) is 9.37. The van der Waals surface area contributed by atoms with Crippen molar-refractivity contribution < 1.29 is 13.2 Å². The van der Waals surface area contributed by atoms with E-state index in [-0.39, 0.29) is 36.0 Å². The van der Waals surface area contributed by atoms with Crippen LogP contribution in [0.4, 0.5) is 11.4 Å². The molecule has 0 saturated carbocycles. The molecule has 2 heterocycles. The molecule has 0 spiro atoms. The second-order valence-corrected chi connectivity index (χ2v) is 9.69. The highest BCUT2D eigenvalue weighted by atomic mass is 32.2. The van der Waals surface area contributed by atoms with Gasteiger partial charge in [0.2, 0.25) is 5.91 Å². The fourth-order valence-electron chi connectivity index (χ4n) is 4.22. The predicted molar refractivity (Wildman–Crippen MR) is 108 cm³/mol. The van der Waals surface area contributed by atoms with Gasteiger partial charge in [-0.15, -0.1) is 0 Å². The van der Waals surface area contributed by atoms with Crippen molar-refractivity contribution in [1.82, 2.24) is 0 Å². The predicted octanol–water partition coefficient (Wildman–Crippen LogP) is 2.66. The highest BCUT2D eigenvalue weighted by Gasteiger charge is 2.37. The van der Waals surface area contributed by atoms with E-state index in [1.807, 2.05) is 42.5 Å². The molecule has 4 rings (SSSR count). The van der Waals surface area contributed by atoms with Gasteiger partial charge < -0.3 is 9.80 Å². The number of nitrogens with zero attached hydrogens (tertiary/aromatic N) is 2. The van der Waals surface area contributed by atoms with Gasteiger partial charge in [-0.1, -0.05) is 36.4 Å². The largest absolute Gasteiger partial charge is 0.359 e. The first kappa shape index (κ1) is 18.0. The zero-order valence-electron chi connectivity index (χ0n) is 15.4. The first-order chi connectivity index (χ1) is 12.9. The lowest BCUT2D eigenvalue weighted by Crippen LogP contribution is -2.47. The number of anilines is 2. The van der Waals surface area contributed by atoms with Crippen LogP contribution in [-0.4, -0.2) is 44.5 Å². The van der Waals surface area contributed by atoms with Gasteiger partial charge in [0.05, 0.1) is 24.1 Å². The third-order valence-electron chi connectivity index (χ3n) is 5.53. The van der Waals surface area contributed by atoms with Crippen LogP contribution in [0.2, 0.25) is 0 Å². The number of amides is 1. The van der Waals surface area contributed by atoms with Crippen molar-refractivity contribution in [3.63, 3.8) is 0 Å². The lowest BCUT2D eigenvalue weighted by molar-refractivity contribution is -0.117. The summed E-state index contributed by atoms with van der Waals surface area (Å²) in [5.41, 5.74) is 3.13. The number of hydrogen-bond donors (Lipinski definition) is 0. The number of carbonyl (C=O) groups is 1. The molecule has 0 radical (unpaired) electrons. The Labute approximate surface area is 160 Å². The van der Waals surface area contributed by atoms with Gasteiger partial charge in [0.15, 0.2) is 9.84 Å². The Morgan fingerprint density at radius 2 is 1.81 bits per heavy atom. The summed E-state index contributed by atoms with van der Waals surface area (Å²) >= 11 is 0. The molecule has 2 aliphatic rings. The number of benzene rings is 2. The molecule has 6 heteroatoms. The van der Waals surface area contributed by atoms with Crippen LogP contribution < -0.4 is 9.80 Å². The smallest absolute Gasteiger partial charge is 0.246 e. The van der Waals surface area contributed by atoms with E-state index in [1.165, 1.54) is 5.56 Å². The topological polar surface area (TPSA) is 57.7 Å². The number of sulfone groups is 1. The molecule has 27 heavy (non-hydrogen) atoms. The average molecular weight is 385 g/mol. The van der Waals surface area contributed by atoms with Gasteiger partial charge in [0.25, 0.3) is 0 Å². The van der Waals surface area contributed by atoms with Gasteiger partial charge in [-0.3, -0.25) is 4.79 Å². The molecular formula is C21H24N2O3S. The Morgan fingerprint density at radius 1 is 1.11 bits per heavy atom. The van der Waals surface area contributed by atoms with Crippen LogP contribution in [-0.2, 0) is 21.1 Å². The molecule has 0 N–H and O–H groups in total. The van der Waals surface area contributed by atoms with Crippen LogP contribution >= 0.6 is 0 Å². The molecule has 2 aromatic carbocycles. The van der Waals surface area contributed by atoms with Crippen molar-refractivity contribution in [3.05, 3.63) is 60.2 Å². The van der Waals surface area contributed by atoms with Crippen LogP contribution in [0.25, 0.3) is 0 Å². The Bertz CT molecular complexity index is 943. The molecule has 2 atom stereocenters. The molecule has 0 aliphatic carbocycles. The van der Waals surface area contributed by atoms with Crippen LogP contribution in [0.3, 0.4) is 0 Å². The highest BCUT2D eigenvalue weighted by molar-refractivity contribution is 7.91. The van der Waals surface area contributed by atoms with Crippen molar-refractivity contribution in [2.45, 2.75) is 31.8 Å². The first-order valence-corrected chi connectivity index (χ1v) is 11.2. The van der Waals surface area contributed by atoms with Crippen LogP contribution in [0.5, 0.6) is 0 Å². The number of hydrogen-bond acceptors (Lipinski definition) is 4. The molecule has 0 bridgehead atoms. The zero-order chi connectivity index (χ0) is 19.0. The monoisotopic (exact) mass is 384 g/mol. The summed E-state index contributed by atoms with van der Waals surface area (Å²) in [6.07, 6.45) is 1.42. The minimum absolute atomic E-state index is 0.0414. The van der Waals surface area contributed by atoms with E-state index < -0.39 is 9.84 Å². The molecule has 1 fully saturated rings. The van der Waals surface area contributed by atoms with Gasteiger partial charge in [-0.05, 0) is 43.5 Å². The van der Waals surface area contributed by atoms with Crippen LogP contribution in [0.15, 0.2) is 54.6 Å². The van der Waals surface area contributed by atoms with Crippen LogP contribution in [0, 0.1) is 0 Å². The summed E-state index contributed by atoms with van der Waals surface area (Å²) in [6.45, 7) is 2.38. The quantitative estimate of drug-likeness (QED) is 0.813. The molecule has 0 unspecified atom stereocenters. The lowest BCUT2D eigenvalue weighted by atomic mass is 10.1. The Balaban J connectivity index is 1.62. The van der Waals surface area contributed by atoms with Gasteiger partial charge in [-0.2, -0.15) is 0 Å². The molecule has 1 amide bonds.